The van der Waals surface area contributed by atoms with Gasteiger partial charge in [-0.2, -0.15) is 0 Å². The van der Waals surface area contributed by atoms with E-state index in [0.29, 0.717) is 38.2 Å². The summed E-state index contributed by atoms with van der Waals surface area (Å²) in [6, 6.07) is 3.46. The van der Waals surface area contributed by atoms with E-state index in [4.69, 9.17) is 0 Å². The third-order valence-corrected chi connectivity index (χ3v) is 4.69. The number of carbonyl (C=O) groups is 2. The summed E-state index contributed by atoms with van der Waals surface area (Å²) >= 11 is 0. The SMILES string of the molecule is O=C(CCN1CCCC1)N1CCN(C(=O)c2ccncc2)CC1. The number of amides is 2. The third kappa shape index (κ3) is 4.07. The first kappa shape index (κ1) is 15.9. The van der Waals surface area contributed by atoms with E-state index in [1.54, 1.807) is 24.5 Å². The average molecular weight is 316 g/mol. The van der Waals surface area contributed by atoms with Crippen molar-refractivity contribution in [2.75, 3.05) is 45.8 Å². The minimum absolute atomic E-state index is 0.0246. The minimum Gasteiger partial charge on any atom is -0.339 e. The lowest BCUT2D eigenvalue weighted by Gasteiger charge is -2.35. The van der Waals surface area contributed by atoms with Crippen LogP contribution in [0, 0.1) is 0 Å². The molecule has 0 atom stereocenters. The van der Waals surface area contributed by atoms with Crippen LogP contribution in [0.3, 0.4) is 0 Å². The van der Waals surface area contributed by atoms with Gasteiger partial charge < -0.3 is 14.7 Å². The monoisotopic (exact) mass is 316 g/mol. The molecule has 0 saturated carbocycles. The molecule has 3 rings (SSSR count). The van der Waals surface area contributed by atoms with E-state index in [1.807, 2.05) is 9.80 Å². The van der Waals surface area contributed by atoms with Crippen molar-refractivity contribution in [1.29, 1.82) is 0 Å². The summed E-state index contributed by atoms with van der Waals surface area (Å²) in [5, 5.41) is 0. The molecular formula is C17H24N4O2. The molecule has 6 heteroatoms. The third-order valence-electron chi connectivity index (χ3n) is 4.69. The van der Waals surface area contributed by atoms with Gasteiger partial charge in [-0.3, -0.25) is 14.6 Å². The highest BCUT2D eigenvalue weighted by molar-refractivity contribution is 5.94. The zero-order valence-corrected chi connectivity index (χ0v) is 13.5. The zero-order valence-electron chi connectivity index (χ0n) is 13.5. The molecule has 2 aliphatic heterocycles. The van der Waals surface area contributed by atoms with E-state index in [2.05, 4.69) is 9.88 Å². The van der Waals surface area contributed by atoms with E-state index in [-0.39, 0.29) is 11.8 Å². The maximum absolute atomic E-state index is 12.4. The number of hydrogen-bond donors (Lipinski definition) is 0. The summed E-state index contributed by atoms with van der Waals surface area (Å²) in [7, 11) is 0. The second-order valence-electron chi connectivity index (χ2n) is 6.21. The maximum Gasteiger partial charge on any atom is 0.254 e. The molecule has 0 radical (unpaired) electrons. The van der Waals surface area contributed by atoms with Crippen LogP contribution in [0.25, 0.3) is 0 Å². The van der Waals surface area contributed by atoms with E-state index in [0.717, 1.165) is 19.6 Å². The molecule has 6 nitrogen and oxygen atoms in total. The Bertz CT molecular complexity index is 535. The van der Waals surface area contributed by atoms with Crippen molar-refractivity contribution in [1.82, 2.24) is 19.7 Å². The smallest absolute Gasteiger partial charge is 0.254 e. The van der Waals surface area contributed by atoms with Gasteiger partial charge in [0.15, 0.2) is 0 Å². The van der Waals surface area contributed by atoms with Gasteiger partial charge in [0.1, 0.15) is 0 Å². The Balaban J connectivity index is 1.44. The van der Waals surface area contributed by atoms with Gasteiger partial charge in [-0.1, -0.05) is 0 Å². The molecule has 2 aliphatic rings. The molecule has 124 valence electrons. The fourth-order valence-electron chi connectivity index (χ4n) is 3.25. The number of nitrogens with zero attached hydrogens (tertiary/aromatic N) is 4. The first-order valence-electron chi connectivity index (χ1n) is 8.43. The fraction of sp³-hybridized carbons (Fsp3) is 0.588. The minimum atomic E-state index is 0.0246. The first-order chi connectivity index (χ1) is 11.2. The van der Waals surface area contributed by atoms with Gasteiger partial charge in [0.2, 0.25) is 5.91 Å². The van der Waals surface area contributed by atoms with Gasteiger partial charge in [0.05, 0.1) is 0 Å². The van der Waals surface area contributed by atoms with Crippen molar-refractivity contribution >= 4 is 11.8 Å². The molecule has 0 bridgehead atoms. The molecule has 1 aromatic rings. The average Bonchev–Trinajstić information content (AvgIpc) is 3.13. The van der Waals surface area contributed by atoms with Crippen LogP contribution >= 0.6 is 0 Å². The highest BCUT2D eigenvalue weighted by atomic mass is 16.2. The van der Waals surface area contributed by atoms with E-state index >= 15 is 0 Å². The molecule has 23 heavy (non-hydrogen) atoms. The van der Waals surface area contributed by atoms with Crippen LogP contribution in [0.5, 0.6) is 0 Å². The van der Waals surface area contributed by atoms with Gasteiger partial charge >= 0.3 is 0 Å². The molecule has 0 aromatic carbocycles. The summed E-state index contributed by atoms with van der Waals surface area (Å²) in [6.07, 6.45) is 6.36. The van der Waals surface area contributed by atoms with Gasteiger partial charge in [-0.05, 0) is 38.1 Å². The Morgan fingerprint density at radius 1 is 0.913 bits per heavy atom. The van der Waals surface area contributed by atoms with Crippen LogP contribution in [0.2, 0.25) is 0 Å². The second kappa shape index (κ2) is 7.55. The Kier molecular flexibility index (Phi) is 5.23. The van der Waals surface area contributed by atoms with Crippen LogP contribution in [0.4, 0.5) is 0 Å². The van der Waals surface area contributed by atoms with Gasteiger partial charge in [0.25, 0.3) is 5.91 Å². The van der Waals surface area contributed by atoms with Gasteiger partial charge in [0, 0.05) is 57.1 Å². The molecule has 0 spiro atoms. The largest absolute Gasteiger partial charge is 0.339 e. The van der Waals surface area contributed by atoms with Crippen LogP contribution < -0.4 is 0 Å². The summed E-state index contributed by atoms with van der Waals surface area (Å²) in [5.41, 5.74) is 0.661. The predicted molar refractivity (Wildman–Crippen MR) is 87.0 cm³/mol. The Morgan fingerprint density at radius 3 is 2.17 bits per heavy atom. The molecule has 0 aliphatic carbocycles. The summed E-state index contributed by atoms with van der Waals surface area (Å²) in [4.78, 5) is 34.7. The van der Waals surface area contributed by atoms with Crippen molar-refractivity contribution in [2.24, 2.45) is 0 Å². The highest BCUT2D eigenvalue weighted by Crippen LogP contribution is 2.11. The Hall–Kier alpha value is -1.95. The normalized spacial score (nSPS) is 19.1. The quantitative estimate of drug-likeness (QED) is 0.826. The van der Waals surface area contributed by atoms with Crippen LogP contribution in [0.1, 0.15) is 29.6 Å². The molecule has 0 N–H and O–H groups in total. The maximum atomic E-state index is 12.4. The lowest BCUT2D eigenvalue weighted by atomic mass is 10.2. The van der Waals surface area contributed by atoms with E-state index in [1.165, 1.54) is 12.8 Å². The van der Waals surface area contributed by atoms with Crippen LogP contribution in [0.15, 0.2) is 24.5 Å². The number of piperazine rings is 1. The first-order valence-corrected chi connectivity index (χ1v) is 8.43. The van der Waals surface area contributed by atoms with Gasteiger partial charge in [-0.25, -0.2) is 0 Å². The van der Waals surface area contributed by atoms with Crippen molar-refractivity contribution in [3.05, 3.63) is 30.1 Å². The molecule has 2 saturated heterocycles. The van der Waals surface area contributed by atoms with Crippen LogP contribution in [-0.4, -0.2) is 77.3 Å². The number of aromatic nitrogens is 1. The summed E-state index contributed by atoms with van der Waals surface area (Å²) in [5.74, 6) is 0.240. The predicted octanol–water partition coefficient (Wildman–Crippen LogP) is 0.852. The highest BCUT2D eigenvalue weighted by Gasteiger charge is 2.25. The number of rotatable bonds is 4. The van der Waals surface area contributed by atoms with Crippen molar-refractivity contribution < 1.29 is 9.59 Å². The molecule has 3 heterocycles. The fourth-order valence-corrected chi connectivity index (χ4v) is 3.25. The number of carbonyl (C=O) groups excluding carboxylic acids is 2. The molecule has 2 fully saturated rings. The van der Waals surface area contributed by atoms with Crippen molar-refractivity contribution in [3.8, 4) is 0 Å². The molecular weight excluding hydrogens is 292 g/mol. The number of likely N-dealkylation sites (tertiary alicyclic amines) is 1. The molecule has 1 aromatic heterocycles. The standard InChI is InChI=1S/C17H24N4O2/c22-16(5-10-19-8-1-2-9-19)20-11-13-21(14-12-20)17(23)15-3-6-18-7-4-15/h3-4,6-7H,1-2,5,8-14H2. The number of hydrogen-bond acceptors (Lipinski definition) is 4. The second-order valence-corrected chi connectivity index (χ2v) is 6.21. The summed E-state index contributed by atoms with van der Waals surface area (Å²) < 4.78 is 0. The van der Waals surface area contributed by atoms with Gasteiger partial charge in [-0.15, -0.1) is 0 Å². The van der Waals surface area contributed by atoms with Crippen molar-refractivity contribution in [2.45, 2.75) is 19.3 Å². The summed E-state index contributed by atoms with van der Waals surface area (Å²) in [6.45, 7) is 5.61. The Labute approximate surface area is 137 Å². The lowest BCUT2D eigenvalue weighted by molar-refractivity contribution is -0.133. The molecule has 0 unspecified atom stereocenters. The van der Waals surface area contributed by atoms with Crippen molar-refractivity contribution in [3.63, 3.8) is 0 Å². The molecule has 2 amide bonds. The van der Waals surface area contributed by atoms with Crippen LogP contribution in [-0.2, 0) is 4.79 Å². The Morgan fingerprint density at radius 2 is 1.52 bits per heavy atom. The number of pyridine rings is 1. The van der Waals surface area contributed by atoms with E-state index < -0.39 is 0 Å². The zero-order chi connectivity index (χ0) is 16.1. The lowest BCUT2D eigenvalue weighted by Crippen LogP contribution is -2.51. The topological polar surface area (TPSA) is 56.8 Å². The van der Waals surface area contributed by atoms with E-state index in [9.17, 15) is 9.59 Å².